The minimum atomic E-state index is -0.0455. The monoisotopic (exact) mass is 220 g/mol. The van der Waals surface area contributed by atoms with Crippen LogP contribution in [0.1, 0.15) is 33.6 Å². The van der Waals surface area contributed by atoms with Crippen LogP contribution >= 0.6 is 0 Å². The summed E-state index contributed by atoms with van der Waals surface area (Å²) in [6, 6.07) is 10.6. The van der Waals surface area contributed by atoms with Crippen molar-refractivity contribution in [1.82, 2.24) is 0 Å². The molecule has 0 aliphatic heterocycles. The van der Waals surface area contributed by atoms with E-state index in [0.717, 1.165) is 25.9 Å². The number of hydrogen-bond donors (Lipinski definition) is 1. The molecule has 1 aromatic rings. The SMILES string of the molecule is CCN(CCCC(C)(C)N)c1ccccc1. The molecule has 0 amide bonds. The number of para-hydroxylation sites is 1. The van der Waals surface area contributed by atoms with Crippen LogP contribution in [0.15, 0.2) is 30.3 Å². The summed E-state index contributed by atoms with van der Waals surface area (Å²) in [6.45, 7) is 8.51. The first-order valence-electron chi connectivity index (χ1n) is 6.12. The first-order chi connectivity index (χ1) is 7.53. The fourth-order valence-electron chi connectivity index (χ4n) is 1.83. The zero-order valence-electron chi connectivity index (χ0n) is 10.7. The highest BCUT2D eigenvalue weighted by molar-refractivity contribution is 5.45. The molecule has 16 heavy (non-hydrogen) atoms. The van der Waals surface area contributed by atoms with Gasteiger partial charge in [0.25, 0.3) is 0 Å². The number of rotatable bonds is 6. The molecule has 1 rings (SSSR count). The quantitative estimate of drug-likeness (QED) is 0.798. The molecule has 0 unspecified atom stereocenters. The number of nitrogens with zero attached hydrogens (tertiary/aromatic N) is 1. The lowest BCUT2D eigenvalue weighted by Gasteiger charge is -2.25. The molecule has 1 aromatic carbocycles. The molecule has 0 spiro atoms. The minimum Gasteiger partial charge on any atom is -0.372 e. The molecular weight excluding hydrogens is 196 g/mol. The maximum atomic E-state index is 5.98. The predicted molar refractivity (Wildman–Crippen MR) is 71.8 cm³/mol. The lowest BCUT2D eigenvalue weighted by atomic mass is 10.00. The van der Waals surface area contributed by atoms with Gasteiger partial charge in [-0.15, -0.1) is 0 Å². The summed E-state index contributed by atoms with van der Waals surface area (Å²) in [5, 5.41) is 0. The van der Waals surface area contributed by atoms with Crippen LogP contribution in [0.25, 0.3) is 0 Å². The Kier molecular flexibility index (Phi) is 4.81. The van der Waals surface area contributed by atoms with Crippen molar-refractivity contribution in [2.45, 2.75) is 39.2 Å². The van der Waals surface area contributed by atoms with Gasteiger partial charge in [0.1, 0.15) is 0 Å². The lowest BCUT2D eigenvalue weighted by Crippen LogP contribution is -2.33. The average molecular weight is 220 g/mol. The van der Waals surface area contributed by atoms with E-state index in [2.05, 4.69) is 56.0 Å². The van der Waals surface area contributed by atoms with Crippen LogP contribution in [0, 0.1) is 0 Å². The van der Waals surface area contributed by atoms with Gasteiger partial charge in [0.15, 0.2) is 0 Å². The minimum absolute atomic E-state index is 0.0455. The second kappa shape index (κ2) is 5.90. The highest BCUT2D eigenvalue weighted by Gasteiger charge is 2.11. The van der Waals surface area contributed by atoms with E-state index < -0.39 is 0 Å². The molecule has 2 heteroatoms. The van der Waals surface area contributed by atoms with Crippen molar-refractivity contribution in [2.24, 2.45) is 5.73 Å². The van der Waals surface area contributed by atoms with Gasteiger partial charge < -0.3 is 10.6 Å². The van der Waals surface area contributed by atoms with E-state index in [-0.39, 0.29) is 5.54 Å². The van der Waals surface area contributed by atoms with Crippen molar-refractivity contribution in [2.75, 3.05) is 18.0 Å². The topological polar surface area (TPSA) is 29.3 Å². The molecule has 0 saturated carbocycles. The molecule has 0 radical (unpaired) electrons. The van der Waals surface area contributed by atoms with Gasteiger partial charge in [-0.1, -0.05) is 18.2 Å². The number of benzene rings is 1. The molecule has 2 N–H and O–H groups in total. The van der Waals surface area contributed by atoms with Crippen LogP contribution in [0.4, 0.5) is 5.69 Å². The second-order valence-corrected chi connectivity index (χ2v) is 5.01. The van der Waals surface area contributed by atoms with Gasteiger partial charge in [-0.2, -0.15) is 0 Å². The molecular formula is C14H24N2. The van der Waals surface area contributed by atoms with Crippen LogP contribution in [0.5, 0.6) is 0 Å². The molecule has 0 saturated heterocycles. The van der Waals surface area contributed by atoms with E-state index in [4.69, 9.17) is 5.73 Å². The highest BCUT2D eigenvalue weighted by atomic mass is 15.1. The zero-order valence-corrected chi connectivity index (χ0v) is 10.7. The van der Waals surface area contributed by atoms with Gasteiger partial charge in [-0.05, 0) is 45.7 Å². The molecule has 0 aliphatic rings. The third-order valence-corrected chi connectivity index (χ3v) is 2.75. The predicted octanol–water partition coefficient (Wildman–Crippen LogP) is 3.03. The Bertz CT molecular complexity index is 287. The van der Waals surface area contributed by atoms with Gasteiger partial charge in [0.05, 0.1) is 0 Å². The fourth-order valence-corrected chi connectivity index (χ4v) is 1.83. The van der Waals surface area contributed by atoms with Crippen molar-refractivity contribution >= 4 is 5.69 Å². The van der Waals surface area contributed by atoms with E-state index in [1.807, 2.05) is 0 Å². The zero-order chi connectivity index (χ0) is 12.0. The Balaban J connectivity index is 2.45. The Morgan fingerprint density at radius 1 is 1.19 bits per heavy atom. The first kappa shape index (κ1) is 13.0. The number of nitrogens with two attached hydrogens (primary N) is 1. The van der Waals surface area contributed by atoms with Crippen LogP contribution in [0.2, 0.25) is 0 Å². The van der Waals surface area contributed by atoms with Crippen molar-refractivity contribution in [3.8, 4) is 0 Å². The van der Waals surface area contributed by atoms with Crippen LogP contribution < -0.4 is 10.6 Å². The first-order valence-corrected chi connectivity index (χ1v) is 6.12. The lowest BCUT2D eigenvalue weighted by molar-refractivity contribution is 0.458. The Morgan fingerprint density at radius 2 is 1.81 bits per heavy atom. The fraction of sp³-hybridized carbons (Fsp3) is 0.571. The van der Waals surface area contributed by atoms with Crippen molar-refractivity contribution < 1.29 is 0 Å². The normalized spacial score (nSPS) is 11.5. The van der Waals surface area contributed by atoms with Crippen LogP contribution in [-0.2, 0) is 0 Å². The third-order valence-electron chi connectivity index (χ3n) is 2.75. The molecule has 2 nitrogen and oxygen atoms in total. The van der Waals surface area contributed by atoms with Crippen LogP contribution in [0.3, 0.4) is 0 Å². The van der Waals surface area contributed by atoms with Gasteiger partial charge >= 0.3 is 0 Å². The van der Waals surface area contributed by atoms with Crippen molar-refractivity contribution in [1.29, 1.82) is 0 Å². The molecule has 0 aromatic heterocycles. The van der Waals surface area contributed by atoms with Crippen LogP contribution in [-0.4, -0.2) is 18.6 Å². The Labute approximate surface area is 99.5 Å². The molecule has 0 aliphatic carbocycles. The summed E-state index contributed by atoms with van der Waals surface area (Å²) in [5.74, 6) is 0. The standard InChI is InChI=1S/C14H24N2/c1-4-16(12-8-11-14(2,3)15)13-9-6-5-7-10-13/h5-7,9-10H,4,8,11-12,15H2,1-3H3. The smallest absolute Gasteiger partial charge is 0.0366 e. The Hall–Kier alpha value is -1.02. The van der Waals surface area contributed by atoms with E-state index in [9.17, 15) is 0 Å². The maximum Gasteiger partial charge on any atom is 0.0366 e. The summed E-state index contributed by atoms with van der Waals surface area (Å²) in [6.07, 6.45) is 2.21. The van der Waals surface area contributed by atoms with E-state index in [1.165, 1.54) is 5.69 Å². The molecule has 0 heterocycles. The third kappa shape index (κ3) is 4.67. The van der Waals surface area contributed by atoms with E-state index >= 15 is 0 Å². The summed E-state index contributed by atoms with van der Waals surface area (Å²) < 4.78 is 0. The van der Waals surface area contributed by atoms with Crippen molar-refractivity contribution in [3.63, 3.8) is 0 Å². The molecule has 0 bridgehead atoms. The van der Waals surface area contributed by atoms with E-state index in [0.29, 0.717) is 0 Å². The van der Waals surface area contributed by atoms with Gasteiger partial charge in [-0.3, -0.25) is 0 Å². The number of anilines is 1. The van der Waals surface area contributed by atoms with Gasteiger partial charge in [0.2, 0.25) is 0 Å². The van der Waals surface area contributed by atoms with Crippen molar-refractivity contribution in [3.05, 3.63) is 30.3 Å². The summed E-state index contributed by atoms with van der Waals surface area (Å²) >= 11 is 0. The highest BCUT2D eigenvalue weighted by Crippen LogP contribution is 2.15. The van der Waals surface area contributed by atoms with E-state index in [1.54, 1.807) is 0 Å². The summed E-state index contributed by atoms with van der Waals surface area (Å²) in [4.78, 5) is 2.39. The molecule has 0 atom stereocenters. The maximum absolute atomic E-state index is 5.98. The second-order valence-electron chi connectivity index (χ2n) is 5.01. The largest absolute Gasteiger partial charge is 0.372 e. The summed E-state index contributed by atoms with van der Waals surface area (Å²) in [7, 11) is 0. The number of hydrogen-bond acceptors (Lipinski definition) is 2. The van der Waals surface area contributed by atoms with Gasteiger partial charge in [-0.25, -0.2) is 0 Å². The van der Waals surface area contributed by atoms with Gasteiger partial charge in [0, 0.05) is 24.3 Å². The average Bonchev–Trinajstić information content (AvgIpc) is 2.24. The molecule has 0 fully saturated rings. The summed E-state index contributed by atoms with van der Waals surface area (Å²) in [5.41, 5.74) is 7.24. The Morgan fingerprint density at radius 3 is 2.31 bits per heavy atom. The molecule has 90 valence electrons.